The molecule has 0 bridgehead atoms. The van der Waals surface area contributed by atoms with Crippen LogP contribution in [0.15, 0.2) is 30.3 Å². The van der Waals surface area contributed by atoms with Gasteiger partial charge in [0.2, 0.25) is 0 Å². The van der Waals surface area contributed by atoms with E-state index >= 15 is 0 Å². The highest BCUT2D eigenvalue weighted by molar-refractivity contribution is 5.86. The number of carboxylic acids is 1. The standard InChI is InChI=1S/C13H11FN2O2/c14-9-3-5-10(6-4-9)16-12(13(17)18)7-11(15-16)8-1-2-8/h3-8H,1-2H2,(H,17,18). The molecule has 1 aliphatic carbocycles. The molecule has 0 amide bonds. The minimum Gasteiger partial charge on any atom is -0.477 e. The zero-order valence-corrected chi connectivity index (χ0v) is 9.51. The number of rotatable bonds is 3. The lowest BCUT2D eigenvalue weighted by atomic mass is 10.2. The van der Waals surface area contributed by atoms with E-state index in [1.165, 1.54) is 28.9 Å². The molecule has 1 heterocycles. The van der Waals surface area contributed by atoms with E-state index in [0.717, 1.165) is 18.5 Å². The van der Waals surface area contributed by atoms with E-state index in [1.807, 2.05) is 0 Å². The summed E-state index contributed by atoms with van der Waals surface area (Å²) in [5.74, 6) is -1.01. The van der Waals surface area contributed by atoms with Crippen LogP contribution in [0.25, 0.3) is 5.69 Å². The molecule has 1 N–H and O–H groups in total. The first kappa shape index (κ1) is 11.0. The summed E-state index contributed by atoms with van der Waals surface area (Å²) in [4.78, 5) is 11.2. The van der Waals surface area contributed by atoms with Crippen LogP contribution in [0.3, 0.4) is 0 Å². The molecule has 1 aromatic heterocycles. The van der Waals surface area contributed by atoms with Gasteiger partial charge in [0.05, 0.1) is 11.4 Å². The molecule has 0 saturated heterocycles. The Hall–Kier alpha value is -2.17. The van der Waals surface area contributed by atoms with Crippen LogP contribution in [0.4, 0.5) is 4.39 Å². The summed E-state index contributed by atoms with van der Waals surface area (Å²) in [6.45, 7) is 0. The molecular formula is C13H11FN2O2. The lowest BCUT2D eigenvalue weighted by molar-refractivity contribution is 0.0687. The third kappa shape index (κ3) is 1.88. The van der Waals surface area contributed by atoms with E-state index in [2.05, 4.69) is 5.10 Å². The molecule has 5 heteroatoms. The first-order valence-corrected chi connectivity index (χ1v) is 5.74. The third-order valence-electron chi connectivity index (χ3n) is 3.01. The Morgan fingerprint density at radius 3 is 2.56 bits per heavy atom. The van der Waals surface area contributed by atoms with Crippen LogP contribution in [0.5, 0.6) is 0 Å². The van der Waals surface area contributed by atoms with E-state index in [4.69, 9.17) is 5.11 Å². The number of nitrogens with zero attached hydrogens (tertiary/aromatic N) is 2. The average Bonchev–Trinajstić information content (AvgIpc) is 3.09. The summed E-state index contributed by atoms with van der Waals surface area (Å²) in [6, 6.07) is 7.22. The van der Waals surface area contributed by atoms with Crippen LogP contribution in [0.1, 0.15) is 34.9 Å². The van der Waals surface area contributed by atoms with E-state index in [1.54, 1.807) is 6.07 Å². The predicted molar refractivity (Wildman–Crippen MR) is 62.5 cm³/mol. The van der Waals surface area contributed by atoms with Crippen molar-refractivity contribution in [3.05, 3.63) is 47.5 Å². The van der Waals surface area contributed by atoms with Gasteiger partial charge in [-0.2, -0.15) is 5.10 Å². The summed E-state index contributed by atoms with van der Waals surface area (Å²) in [5.41, 5.74) is 1.47. The second-order valence-corrected chi connectivity index (χ2v) is 4.42. The van der Waals surface area contributed by atoms with Crippen molar-refractivity contribution in [3.8, 4) is 5.69 Å². The van der Waals surface area contributed by atoms with Gasteiger partial charge in [-0.1, -0.05) is 0 Å². The summed E-state index contributed by atoms with van der Waals surface area (Å²) in [5, 5.41) is 13.5. The fourth-order valence-corrected chi connectivity index (χ4v) is 1.91. The van der Waals surface area contributed by atoms with Crippen molar-refractivity contribution < 1.29 is 14.3 Å². The number of aromatic carboxylic acids is 1. The Balaban J connectivity index is 2.08. The lowest BCUT2D eigenvalue weighted by Gasteiger charge is -2.03. The van der Waals surface area contributed by atoms with Crippen molar-refractivity contribution in [3.63, 3.8) is 0 Å². The number of halogens is 1. The van der Waals surface area contributed by atoms with Gasteiger partial charge in [-0.3, -0.25) is 0 Å². The Morgan fingerprint density at radius 1 is 1.33 bits per heavy atom. The smallest absolute Gasteiger partial charge is 0.354 e. The Bertz CT molecular complexity index is 600. The summed E-state index contributed by atoms with van der Waals surface area (Å²) in [6.07, 6.45) is 2.11. The van der Waals surface area contributed by atoms with E-state index < -0.39 is 5.97 Å². The van der Waals surface area contributed by atoms with Gasteiger partial charge in [0.15, 0.2) is 5.69 Å². The number of carboxylic acid groups (broad SMARTS) is 1. The van der Waals surface area contributed by atoms with Crippen LogP contribution in [0.2, 0.25) is 0 Å². The SMILES string of the molecule is O=C(O)c1cc(C2CC2)nn1-c1ccc(F)cc1. The number of hydrogen-bond donors (Lipinski definition) is 1. The molecule has 2 aromatic rings. The van der Waals surface area contributed by atoms with Crippen LogP contribution in [0, 0.1) is 5.82 Å². The molecule has 1 aliphatic rings. The monoisotopic (exact) mass is 246 g/mol. The Morgan fingerprint density at radius 2 is 2.00 bits per heavy atom. The fourth-order valence-electron chi connectivity index (χ4n) is 1.91. The van der Waals surface area contributed by atoms with Crippen LogP contribution < -0.4 is 0 Å². The maximum atomic E-state index is 12.9. The minimum atomic E-state index is -1.03. The van der Waals surface area contributed by atoms with Crippen molar-refractivity contribution in [2.75, 3.05) is 0 Å². The third-order valence-corrected chi connectivity index (χ3v) is 3.01. The maximum Gasteiger partial charge on any atom is 0.354 e. The molecule has 4 nitrogen and oxygen atoms in total. The number of hydrogen-bond acceptors (Lipinski definition) is 2. The molecule has 1 fully saturated rings. The van der Waals surface area contributed by atoms with Gasteiger partial charge in [-0.15, -0.1) is 0 Å². The first-order chi connectivity index (χ1) is 8.65. The number of aromatic nitrogens is 2. The van der Waals surface area contributed by atoms with Crippen LogP contribution in [-0.2, 0) is 0 Å². The molecule has 0 radical (unpaired) electrons. The maximum absolute atomic E-state index is 12.9. The van der Waals surface area contributed by atoms with Gasteiger partial charge < -0.3 is 5.11 Å². The van der Waals surface area contributed by atoms with E-state index in [9.17, 15) is 9.18 Å². The molecule has 3 rings (SSSR count). The molecule has 0 spiro atoms. The van der Waals surface area contributed by atoms with Gasteiger partial charge >= 0.3 is 5.97 Å². The van der Waals surface area contributed by atoms with Crippen molar-refractivity contribution >= 4 is 5.97 Å². The summed E-state index contributed by atoms with van der Waals surface area (Å²) < 4.78 is 14.2. The van der Waals surface area contributed by atoms with Crippen LogP contribution in [-0.4, -0.2) is 20.9 Å². The van der Waals surface area contributed by atoms with Crippen molar-refractivity contribution in [2.45, 2.75) is 18.8 Å². The van der Waals surface area contributed by atoms with Crippen molar-refractivity contribution in [1.82, 2.24) is 9.78 Å². The van der Waals surface area contributed by atoms with Gasteiger partial charge in [-0.25, -0.2) is 13.9 Å². The van der Waals surface area contributed by atoms with Gasteiger partial charge in [0, 0.05) is 5.92 Å². The second-order valence-electron chi connectivity index (χ2n) is 4.42. The molecule has 1 saturated carbocycles. The van der Waals surface area contributed by atoms with Crippen LogP contribution >= 0.6 is 0 Å². The van der Waals surface area contributed by atoms with E-state index in [-0.39, 0.29) is 11.5 Å². The highest BCUT2D eigenvalue weighted by Gasteiger charge is 2.28. The second kappa shape index (κ2) is 3.94. The van der Waals surface area contributed by atoms with Gasteiger partial charge in [0.1, 0.15) is 5.82 Å². The number of carbonyl (C=O) groups is 1. The molecule has 0 atom stereocenters. The molecule has 0 unspecified atom stereocenters. The highest BCUT2D eigenvalue weighted by Crippen LogP contribution is 2.39. The summed E-state index contributed by atoms with van der Waals surface area (Å²) >= 11 is 0. The van der Waals surface area contributed by atoms with Gasteiger partial charge in [0.25, 0.3) is 0 Å². The predicted octanol–water partition coefficient (Wildman–Crippen LogP) is 2.59. The largest absolute Gasteiger partial charge is 0.477 e. The van der Waals surface area contributed by atoms with Crippen molar-refractivity contribution in [2.24, 2.45) is 0 Å². The fraction of sp³-hybridized carbons (Fsp3) is 0.231. The van der Waals surface area contributed by atoms with Crippen molar-refractivity contribution in [1.29, 1.82) is 0 Å². The zero-order chi connectivity index (χ0) is 12.7. The number of benzene rings is 1. The summed E-state index contributed by atoms with van der Waals surface area (Å²) in [7, 11) is 0. The topological polar surface area (TPSA) is 55.1 Å². The highest BCUT2D eigenvalue weighted by atomic mass is 19.1. The lowest BCUT2D eigenvalue weighted by Crippen LogP contribution is -2.07. The van der Waals surface area contributed by atoms with E-state index in [0.29, 0.717) is 11.6 Å². The Kier molecular flexibility index (Phi) is 2.40. The zero-order valence-electron chi connectivity index (χ0n) is 9.51. The first-order valence-electron chi connectivity index (χ1n) is 5.74. The van der Waals surface area contributed by atoms with Gasteiger partial charge in [-0.05, 0) is 43.2 Å². The molecule has 92 valence electrons. The average molecular weight is 246 g/mol. The molecule has 0 aliphatic heterocycles. The molecule has 18 heavy (non-hydrogen) atoms. The molecule has 1 aromatic carbocycles. The Labute approximate surface area is 103 Å². The molecular weight excluding hydrogens is 235 g/mol. The quantitative estimate of drug-likeness (QED) is 0.905. The minimum absolute atomic E-state index is 0.114. The normalized spacial score (nSPS) is 14.7.